The Hall–Kier alpha value is -1.47. The minimum Gasteiger partial charge on any atom is -0.383 e. The molecule has 0 fully saturated rings. The molecule has 1 aromatic rings. The molecule has 2 rings (SSSR count). The Morgan fingerprint density at radius 2 is 2.33 bits per heavy atom. The second-order valence-corrected chi connectivity index (χ2v) is 6.62. The predicted molar refractivity (Wildman–Crippen MR) is 76.7 cm³/mol. The van der Waals surface area contributed by atoms with Crippen molar-refractivity contribution in [3.05, 3.63) is 34.9 Å². The van der Waals surface area contributed by atoms with Crippen molar-refractivity contribution < 1.29 is 19.1 Å². The Bertz CT molecular complexity index is 653. The molecule has 21 heavy (non-hydrogen) atoms. The SMILES string of the molecule is CC[C@@]1(OCP(=O)(O)O)C=C[C@H](n2ccc(N)nc2=O)C1. The van der Waals surface area contributed by atoms with Crippen LogP contribution in [0.25, 0.3) is 0 Å². The Labute approximate surface area is 121 Å². The molecule has 0 unspecified atom stereocenters. The number of hydrogen-bond acceptors (Lipinski definition) is 5. The van der Waals surface area contributed by atoms with Gasteiger partial charge in [-0.3, -0.25) is 9.13 Å². The van der Waals surface area contributed by atoms with Crippen molar-refractivity contribution in [2.45, 2.75) is 31.4 Å². The number of nitrogens with two attached hydrogens (primary N) is 1. The molecule has 0 radical (unpaired) electrons. The predicted octanol–water partition coefficient (Wildman–Crippen LogP) is 0.627. The summed E-state index contributed by atoms with van der Waals surface area (Å²) in [5.41, 5.74) is 4.20. The van der Waals surface area contributed by atoms with Crippen molar-refractivity contribution in [2.24, 2.45) is 0 Å². The normalized spacial score (nSPS) is 25.4. The summed E-state index contributed by atoms with van der Waals surface area (Å²) in [6.45, 7) is 1.86. The first-order valence-electron chi connectivity index (χ1n) is 6.47. The highest BCUT2D eigenvalue weighted by atomic mass is 31.2. The fourth-order valence-corrected chi connectivity index (χ4v) is 2.76. The number of allylic oxidation sites excluding steroid dienone is 1. The van der Waals surface area contributed by atoms with E-state index in [4.69, 9.17) is 20.3 Å². The van der Waals surface area contributed by atoms with Crippen molar-refractivity contribution in [3.63, 3.8) is 0 Å². The first-order chi connectivity index (χ1) is 9.75. The van der Waals surface area contributed by atoms with Crippen LogP contribution >= 0.6 is 7.60 Å². The Morgan fingerprint density at radius 3 is 2.90 bits per heavy atom. The van der Waals surface area contributed by atoms with E-state index in [1.54, 1.807) is 18.3 Å². The van der Waals surface area contributed by atoms with Crippen LogP contribution in [0.4, 0.5) is 5.82 Å². The minimum absolute atomic E-state index is 0.151. The first kappa shape index (κ1) is 15.9. The van der Waals surface area contributed by atoms with Gasteiger partial charge in [-0.2, -0.15) is 4.98 Å². The molecule has 9 heteroatoms. The molecule has 116 valence electrons. The van der Waals surface area contributed by atoms with Gasteiger partial charge in [-0.25, -0.2) is 4.79 Å². The van der Waals surface area contributed by atoms with E-state index in [9.17, 15) is 9.36 Å². The summed E-state index contributed by atoms with van der Waals surface area (Å²) in [7, 11) is -4.24. The topological polar surface area (TPSA) is 128 Å². The molecule has 0 spiro atoms. The van der Waals surface area contributed by atoms with Gasteiger partial charge in [0.15, 0.2) is 0 Å². The molecule has 8 nitrogen and oxygen atoms in total. The maximum Gasteiger partial charge on any atom is 0.351 e. The lowest BCUT2D eigenvalue weighted by Crippen LogP contribution is -2.32. The van der Waals surface area contributed by atoms with Crippen LogP contribution in [0, 0.1) is 0 Å². The molecule has 1 heterocycles. The van der Waals surface area contributed by atoms with E-state index in [1.165, 1.54) is 10.6 Å². The Balaban J connectivity index is 2.16. The summed E-state index contributed by atoms with van der Waals surface area (Å²) in [6, 6.07) is 1.25. The van der Waals surface area contributed by atoms with Crippen LogP contribution < -0.4 is 11.4 Å². The molecule has 1 aliphatic carbocycles. The zero-order valence-corrected chi connectivity index (χ0v) is 12.4. The smallest absolute Gasteiger partial charge is 0.351 e. The third-order valence-electron chi connectivity index (χ3n) is 3.50. The maximum atomic E-state index is 11.8. The van der Waals surface area contributed by atoms with Crippen LogP contribution in [-0.4, -0.2) is 31.3 Å². The number of rotatable bonds is 5. The van der Waals surface area contributed by atoms with Crippen LogP contribution in [0.5, 0.6) is 0 Å². The molecule has 0 bridgehead atoms. The number of aromatic nitrogens is 2. The lowest BCUT2D eigenvalue weighted by molar-refractivity contribution is 0.00254. The van der Waals surface area contributed by atoms with E-state index in [0.29, 0.717) is 12.8 Å². The zero-order chi connectivity index (χ0) is 15.7. The number of nitrogens with zero attached hydrogens (tertiary/aromatic N) is 2. The molecule has 0 saturated carbocycles. The van der Waals surface area contributed by atoms with Crippen molar-refractivity contribution in [3.8, 4) is 0 Å². The summed E-state index contributed by atoms with van der Waals surface area (Å²) in [5, 5.41) is 0. The van der Waals surface area contributed by atoms with Gasteiger partial charge >= 0.3 is 13.3 Å². The fourth-order valence-electron chi connectivity index (χ4n) is 2.33. The molecule has 2 atom stereocenters. The largest absolute Gasteiger partial charge is 0.383 e. The van der Waals surface area contributed by atoms with Gasteiger partial charge in [-0.05, 0) is 12.5 Å². The average molecular weight is 315 g/mol. The van der Waals surface area contributed by atoms with Crippen molar-refractivity contribution in [2.75, 3.05) is 12.1 Å². The highest BCUT2D eigenvalue weighted by Crippen LogP contribution is 2.41. The fraction of sp³-hybridized carbons (Fsp3) is 0.500. The van der Waals surface area contributed by atoms with Gasteiger partial charge in [0.2, 0.25) is 0 Å². The van der Waals surface area contributed by atoms with Crippen molar-refractivity contribution in [1.29, 1.82) is 0 Å². The van der Waals surface area contributed by atoms with Gasteiger partial charge in [0, 0.05) is 12.6 Å². The lowest BCUT2D eigenvalue weighted by Gasteiger charge is -2.28. The van der Waals surface area contributed by atoms with Crippen molar-refractivity contribution >= 4 is 13.4 Å². The highest BCUT2D eigenvalue weighted by molar-refractivity contribution is 7.51. The number of nitrogen functional groups attached to an aromatic ring is 1. The molecular formula is C12H18N3O5P. The molecular weight excluding hydrogens is 297 g/mol. The van der Waals surface area contributed by atoms with Gasteiger partial charge in [0.05, 0.1) is 11.6 Å². The molecule has 0 aliphatic heterocycles. The lowest BCUT2D eigenvalue weighted by atomic mass is 9.99. The van der Waals surface area contributed by atoms with E-state index < -0.39 is 25.2 Å². The van der Waals surface area contributed by atoms with Crippen LogP contribution in [0.3, 0.4) is 0 Å². The van der Waals surface area contributed by atoms with E-state index >= 15 is 0 Å². The average Bonchev–Trinajstić information content (AvgIpc) is 2.81. The minimum atomic E-state index is -4.24. The molecule has 4 N–H and O–H groups in total. The van der Waals surface area contributed by atoms with Gasteiger partial charge in [-0.15, -0.1) is 0 Å². The van der Waals surface area contributed by atoms with E-state index in [2.05, 4.69) is 4.98 Å². The van der Waals surface area contributed by atoms with Crippen LogP contribution in [0.15, 0.2) is 29.2 Å². The quantitative estimate of drug-likeness (QED) is 0.537. The second kappa shape index (κ2) is 5.73. The molecule has 0 saturated heterocycles. The second-order valence-electron chi connectivity index (χ2n) is 5.03. The summed E-state index contributed by atoms with van der Waals surface area (Å²) in [4.78, 5) is 33.3. The van der Waals surface area contributed by atoms with E-state index in [-0.39, 0.29) is 11.9 Å². The Morgan fingerprint density at radius 1 is 1.62 bits per heavy atom. The summed E-state index contributed by atoms with van der Waals surface area (Å²) in [5.74, 6) is 0.151. The van der Waals surface area contributed by atoms with Gasteiger partial charge < -0.3 is 20.3 Å². The third-order valence-corrected chi connectivity index (χ3v) is 3.97. The third kappa shape index (κ3) is 3.79. The molecule has 1 aromatic heterocycles. The number of anilines is 1. The van der Waals surface area contributed by atoms with Gasteiger partial charge in [0.25, 0.3) is 0 Å². The Kier molecular flexibility index (Phi) is 4.34. The van der Waals surface area contributed by atoms with Crippen LogP contribution in [0.2, 0.25) is 0 Å². The number of ether oxygens (including phenoxy) is 1. The zero-order valence-electron chi connectivity index (χ0n) is 11.5. The number of hydrogen-bond donors (Lipinski definition) is 3. The standard InChI is InChI=1S/C12H18N3O5P/c1-2-12(20-8-21(17,18)19)5-3-9(7-12)15-6-4-10(13)14-11(15)16/h3-6,9H,2,7-8H2,1H3,(H2,13,14,16)(H2,17,18,19)/t9-,12+/m0/s1. The van der Waals surface area contributed by atoms with Crippen LogP contribution in [0.1, 0.15) is 25.8 Å². The van der Waals surface area contributed by atoms with Crippen LogP contribution in [-0.2, 0) is 9.30 Å². The molecule has 0 aromatic carbocycles. The van der Waals surface area contributed by atoms with Gasteiger partial charge in [0.1, 0.15) is 12.2 Å². The van der Waals surface area contributed by atoms with Gasteiger partial charge in [-0.1, -0.05) is 19.1 Å². The maximum absolute atomic E-state index is 11.8. The van der Waals surface area contributed by atoms with Crippen molar-refractivity contribution in [1.82, 2.24) is 9.55 Å². The van der Waals surface area contributed by atoms with E-state index in [0.717, 1.165) is 0 Å². The summed E-state index contributed by atoms with van der Waals surface area (Å²) >= 11 is 0. The monoisotopic (exact) mass is 315 g/mol. The molecule has 1 aliphatic rings. The summed E-state index contributed by atoms with van der Waals surface area (Å²) in [6.07, 6.45) is 5.38. The summed E-state index contributed by atoms with van der Waals surface area (Å²) < 4.78 is 17.8. The van der Waals surface area contributed by atoms with E-state index in [1.807, 2.05) is 6.92 Å². The first-order valence-corrected chi connectivity index (χ1v) is 8.27. The highest BCUT2D eigenvalue weighted by Gasteiger charge is 2.36. The molecule has 0 amide bonds.